The number of amides is 4. The van der Waals surface area contributed by atoms with E-state index >= 15 is 0 Å². The van der Waals surface area contributed by atoms with E-state index in [1.807, 2.05) is 78.9 Å². The lowest BCUT2D eigenvalue weighted by molar-refractivity contribution is -0.384. The smallest absolute Gasteiger partial charge is 0.497 e. The van der Waals surface area contributed by atoms with E-state index in [9.17, 15) is 34.1 Å². The van der Waals surface area contributed by atoms with Crippen molar-refractivity contribution in [3.63, 3.8) is 0 Å². The molecular formula is C83H104N6O11. The molecule has 5 N–H and O–H groups in total. The lowest BCUT2D eigenvalue weighted by atomic mass is 9.47. The fourth-order valence-corrected chi connectivity index (χ4v) is 17.1. The molecule has 100 heavy (non-hydrogen) atoms. The number of nitrogens with one attached hydrogen (secondary N) is 5. The first-order valence-corrected chi connectivity index (χ1v) is 36.6. The molecule has 10 rings (SSSR count). The van der Waals surface area contributed by atoms with E-state index in [1.165, 1.54) is 82.1 Å². The van der Waals surface area contributed by atoms with Crippen LogP contribution in [-0.2, 0) is 47.2 Å². The monoisotopic (exact) mass is 1360 g/mol. The Morgan fingerprint density at radius 1 is 0.630 bits per heavy atom. The minimum atomic E-state index is -1.10. The zero-order valence-corrected chi connectivity index (χ0v) is 59.4. The normalized spacial score (nSPS) is 21.7. The number of fused-ring (bicyclic) bond motifs is 5. The largest absolute Gasteiger partial charge is 0.514 e. The summed E-state index contributed by atoms with van der Waals surface area (Å²) in [4.78, 5) is 79.5. The Bertz CT molecular complexity index is 3650. The van der Waals surface area contributed by atoms with Crippen LogP contribution in [-0.4, -0.2) is 79.7 Å². The van der Waals surface area contributed by atoms with Gasteiger partial charge in [-0.25, -0.2) is 4.79 Å². The maximum atomic E-state index is 14.7. The van der Waals surface area contributed by atoms with Gasteiger partial charge >= 0.3 is 6.16 Å². The Balaban J connectivity index is 0.735. The molecule has 6 aromatic rings. The number of hydrogen-bond donors (Lipinski definition) is 5. The van der Waals surface area contributed by atoms with Crippen LogP contribution in [0, 0.1) is 56.5 Å². The number of methoxy groups -OCH3 is 1. The van der Waals surface area contributed by atoms with Crippen LogP contribution in [0.25, 0.3) is 0 Å². The van der Waals surface area contributed by atoms with Gasteiger partial charge in [0.2, 0.25) is 23.6 Å². The molecule has 0 aliphatic heterocycles. The van der Waals surface area contributed by atoms with E-state index in [1.54, 1.807) is 36.9 Å². The summed E-state index contributed by atoms with van der Waals surface area (Å²) in [5.41, 5.74) is 6.22. The summed E-state index contributed by atoms with van der Waals surface area (Å²) in [5.74, 6) is 3.81. The summed E-state index contributed by atoms with van der Waals surface area (Å²) in [7, 11) is 1.64. The molecular weight excluding hydrogens is 1260 g/mol. The van der Waals surface area contributed by atoms with Crippen LogP contribution in [0.3, 0.4) is 0 Å². The third-order valence-electron chi connectivity index (χ3n) is 22.5. The van der Waals surface area contributed by atoms with Gasteiger partial charge in [0.15, 0.2) is 0 Å². The molecule has 0 spiro atoms. The second-order valence-electron chi connectivity index (χ2n) is 29.3. The van der Waals surface area contributed by atoms with Crippen LogP contribution < -0.4 is 36.1 Å². The molecule has 10 atom stereocenters. The lowest BCUT2D eigenvalue weighted by Crippen LogP contribution is -2.53. The van der Waals surface area contributed by atoms with Crippen molar-refractivity contribution in [3.05, 3.63) is 213 Å². The average Bonchev–Trinajstić information content (AvgIpc) is 1.40. The van der Waals surface area contributed by atoms with Crippen LogP contribution in [0.2, 0.25) is 0 Å². The molecule has 0 heterocycles. The third kappa shape index (κ3) is 18.8. The highest BCUT2D eigenvalue weighted by Crippen LogP contribution is 2.67. The van der Waals surface area contributed by atoms with E-state index in [0.717, 1.165) is 76.4 Å². The molecule has 0 saturated heterocycles. The van der Waals surface area contributed by atoms with E-state index in [2.05, 4.69) is 104 Å². The summed E-state index contributed by atoms with van der Waals surface area (Å²) in [6.45, 7) is 13.8. The van der Waals surface area contributed by atoms with Gasteiger partial charge < -0.3 is 40.2 Å². The number of carbonyl (C=O) groups excluding carboxylic acids is 5. The van der Waals surface area contributed by atoms with E-state index < -0.39 is 46.4 Å². The van der Waals surface area contributed by atoms with Gasteiger partial charge in [0.1, 0.15) is 30.2 Å². The van der Waals surface area contributed by atoms with Gasteiger partial charge in [-0.1, -0.05) is 181 Å². The second kappa shape index (κ2) is 35.1. The van der Waals surface area contributed by atoms with Crippen molar-refractivity contribution in [2.24, 2.45) is 46.3 Å². The molecule has 4 aliphatic carbocycles. The van der Waals surface area contributed by atoms with Gasteiger partial charge in [-0.3, -0.25) is 34.6 Å². The Kier molecular flexibility index (Phi) is 26.0. The predicted octanol–water partition coefficient (Wildman–Crippen LogP) is 15.9. The van der Waals surface area contributed by atoms with Crippen molar-refractivity contribution in [1.29, 1.82) is 0 Å². The van der Waals surface area contributed by atoms with Crippen LogP contribution in [0.5, 0.6) is 11.5 Å². The van der Waals surface area contributed by atoms with Gasteiger partial charge in [0.05, 0.1) is 23.7 Å². The Labute approximate surface area is 591 Å². The van der Waals surface area contributed by atoms with Gasteiger partial charge in [-0.2, -0.15) is 0 Å². The molecule has 6 aromatic carbocycles. The molecule has 4 amide bonds. The highest BCUT2D eigenvalue weighted by molar-refractivity contribution is 5.98. The molecule has 4 aliphatic rings. The number of non-ortho nitro benzene ring substituents is 1. The van der Waals surface area contributed by atoms with Crippen LogP contribution in [0.1, 0.15) is 172 Å². The fourth-order valence-electron chi connectivity index (χ4n) is 17.1. The number of unbranched alkanes of at least 4 members (excludes halogenated alkanes) is 1. The molecule has 3 saturated carbocycles. The zero-order valence-electron chi connectivity index (χ0n) is 59.4. The number of allylic oxidation sites excluding steroid dienone is 1. The first kappa shape index (κ1) is 74.0. The minimum Gasteiger partial charge on any atom is -0.497 e. The Hall–Kier alpha value is -8.67. The summed E-state index contributed by atoms with van der Waals surface area (Å²) in [5, 5.41) is 26.8. The van der Waals surface area contributed by atoms with E-state index in [4.69, 9.17) is 18.9 Å². The second-order valence-corrected chi connectivity index (χ2v) is 29.3. The molecule has 532 valence electrons. The fraction of sp³-hybridized carbons (Fsp3) is 0.482. The maximum absolute atomic E-state index is 14.7. The summed E-state index contributed by atoms with van der Waals surface area (Å²) in [6, 6.07) is 47.3. The molecule has 1 unspecified atom stereocenters. The van der Waals surface area contributed by atoms with Crippen molar-refractivity contribution < 1.29 is 47.8 Å². The highest BCUT2D eigenvalue weighted by atomic mass is 16.7. The van der Waals surface area contributed by atoms with Crippen molar-refractivity contribution in [1.82, 2.24) is 21.3 Å². The number of nitro benzene ring substituents is 1. The highest BCUT2D eigenvalue weighted by Gasteiger charge is 2.59. The van der Waals surface area contributed by atoms with Crippen molar-refractivity contribution in [2.75, 3.05) is 32.1 Å². The van der Waals surface area contributed by atoms with Crippen LogP contribution in [0.4, 0.5) is 16.2 Å². The first-order chi connectivity index (χ1) is 48.3. The Morgan fingerprint density at radius 2 is 1.29 bits per heavy atom. The number of nitro groups is 1. The van der Waals surface area contributed by atoms with Crippen molar-refractivity contribution >= 4 is 41.2 Å². The lowest BCUT2D eigenvalue weighted by Gasteiger charge is -2.58. The van der Waals surface area contributed by atoms with Crippen LogP contribution >= 0.6 is 0 Å². The molecule has 0 aromatic heterocycles. The van der Waals surface area contributed by atoms with Gasteiger partial charge in [-0.15, -0.1) is 0 Å². The first-order valence-electron chi connectivity index (χ1n) is 36.6. The van der Waals surface area contributed by atoms with Crippen LogP contribution in [0.15, 0.2) is 175 Å². The molecule has 17 nitrogen and oxygen atoms in total. The number of hydrogen-bond acceptors (Lipinski definition) is 12. The van der Waals surface area contributed by atoms with Gasteiger partial charge in [0, 0.05) is 50.2 Å². The molecule has 3 fully saturated rings. The number of carbonyl (C=O) groups is 5. The number of rotatable bonds is 34. The summed E-state index contributed by atoms with van der Waals surface area (Å²) in [6.07, 6.45) is 17.6. The zero-order chi connectivity index (χ0) is 70.7. The standard InChI is InChI=1S/C83H104N6O11/c1-57(2)20-18-21-58(3)71-43-44-72-70-42-33-64-55-69(47-49-81(64,4)73(70)48-50-82(71,72)5)98-53-19-51-84-76(90)45-46-77(91)87-75(54-59-22-10-7-11-23-59)79(93)88-74(78(92)86-65-34-29-60(30-35-65)56-99-80(94)100-68-40-36-66(37-41-68)89(95)96)28-16-17-52-85-83(61-24-12-8-13-25-61,62-26-14-9-15-27-62)63-31-38-67(97-6)39-32-63/h7-15,22-27,29-41,57-58,69-75,85H,16-21,28,42-56H2,1-6H3,(H,84,90)(H,86,92)(H,87,91)(H,88,93)/t58-,69+,70?,71-,72+,73+,74+,75+,81+,82-/m1/s1. The average molecular weight is 1360 g/mol. The maximum Gasteiger partial charge on any atom is 0.514 e. The Morgan fingerprint density at radius 3 is 1.96 bits per heavy atom. The quantitative estimate of drug-likeness (QED) is 0.00484. The number of anilines is 1. The van der Waals surface area contributed by atoms with E-state index in [0.29, 0.717) is 55.6 Å². The third-order valence-corrected chi connectivity index (χ3v) is 22.5. The molecule has 0 bridgehead atoms. The predicted molar refractivity (Wildman–Crippen MR) is 390 cm³/mol. The minimum absolute atomic E-state index is 0.0737. The number of benzene rings is 6. The van der Waals surface area contributed by atoms with Crippen molar-refractivity contribution in [2.45, 2.75) is 181 Å². The molecule has 17 heteroatoms. The number of ether oxygens (including phenoxy) is 4. The molecule has 0 radical (unpaired) electrons. The topological polar surface area (TPSA) is 226 Å². The van der Waals surface area contributed by atoms with Gasteiger partial charge in [0.25, 0.3) is 5.69 Å². The summed E-state index contributed by atoms with van der Waals surface area (Å²) < 4.78 is 22.6. The number of nitrogens with zero attached hydrogens (tertiary/aromatic N) is 1. The van der Waals surface area contributed by atoms with E-state index in [-0.39, 0.29) is 61.2 Å². The SMILES string of the molecule is COc1ccc(C(NCCCC[C@H](NC(=O)[C@H](Cc2ccccc2)NC(=O)CCC(=O)NCCCO[C@H]2CC[C@@]3(C)C(=CCC4[C@@H]5CC[C@H]([C@H](C)CCCC(C)C)[C@@]5(C)CC[C@@H]43)C2)C(=O)Nc2ccc(COC(=O)Oc3ccc([N+](=O)[O-])cc3)cc2)(c2ccccc2)c2ccccc2)cc1. The van der Waals surface area contributed by atoms with Gasteiger partial charge in [-0.05, 0) is 194 Å². The van der Waals surface area contributed by atoms with Crippen molar-refractivity contribution in [3.8, 4) is 11.5 Å². The summed E-state index contributed by atoms with van der Waals surface area (Å²) >= 11 is 0.